The summed E-state index contributed by atoms with van der Waals surface area (Å²) in [6.07, 6.45) is 1.87. The Balaban J connectivity index is 1.21. The Labute approximate surface area is 243 Å². The molecule has 1 aliphatic rings. The molecule has 0 aliphatic carbocycles. The predicted molar refractivity (Wildman–Crippen MR) is 170 cm³/mol. The number of thiophene rings is 1. The summed E-state index contributed by atoms with van der Waals surface area (Å²) in [5.41, 5.74) is 4.67. The maximum absolute atomic E-state index is 13.2. The van der Waals surface area contributed by atoms with Crippen molar-refractivity contribution < 1.29 is 13.9 Å². The summed E-state index contributed by atoms with van der Waals surface area (Å²) in [6, 6.07) is 27.2. The minimum Gasteiger partial charge on any atom is -0.440 e. The normalized spacial score (nSPS) is 13.9. The number of aromatic nitrogens is 1. The van der Waals surface area contributed by atoms with Gasteiger partial charge < -0.3 is 24.4 Å². The number of amides is 1. The number of nitrogens with zero attached hydrogens (tertiary/aromatic N) is 1. The van der Waals surface area contributed by atoms with Gasteiger partial charge in [0.05, 0.1) is 18.6 Å². The molecule has 1 saturated heterocycles. The van der Waals surface area contributed by atoms with Crippen molar-refractivity contribution >= 4 is 70.9 Å². The number of rotatable bonds is 4. The van der Waals surface area contributed by atoms with Crippen LogP contribution in [0.15, 0.2) is 100 Å². The Morgan fingerprint density at radius 1 is 0.857 bits per heavy atom. The molecule has 4 aromatic carbocycles. The molecule has 3 aromatic heterocycles. The van der Waals surface area contributed by atoms with E-state index in [2.05, 4.69) is 27.3 Å². The number of carbonyl (C=O) groups excluding carboxylic acids is 1. The van der Waals surface area contributed by atoms with Gasteiger partial charge in [-0.1, -0.05) is 36.4 Å². The molecule has 8 rings (SSSR count). The van der Waals surface area contributed by atoms with Gasteiger partial charge in [-0.25, -0.2) is 0 Å². The van der Waals surface area contributed by atoms with Crippen LogP contribution in [0.5, 0.6) is 0 Å². The van der Waals surface area contributed by atoms with Crippen LogP contribution in [0.3, 0.4) is 0 Å². The lowest BCUT2D eigenvalue weighted by Crippen LogP contribution is -2.36. The van der Waals surface area contributed by atoms with E-state index in [9.17, 15) is 9.59 Å². The molecule has 1 aliphatic heterocycles. The van der Waals surface area contributed by atoms with Crippen LogP contribution >= 0.6 is 11.3 Å². The number of morpholine rings is 1. The van der Waals surface area contributed by atoms with Crippen molar-refractivity contribution in [2.24, 2.45) is 0 Å². The Morgan fingerprint density at radius 2 is 1.69 bits per heavy atom. The zero-order chi connectivity index (χ0) is 28.2. The summed E-state index contributed by atoms with van der Waals surface area (Å²) < 4.78 is 14.1. The molecule has 42 heavy (non-hydrogen) atoms. The minimum atomic E-state index is -0.159. The summed E-state index contributed by atoms with van der Waals surface area (Å²) in [5.74, 6) is 0.412. The number of aromatic amines is 1. The van der Waals surface area contributed by atoms with Gasteiger partial charge in [0.25, 0.3) is 5.91 Å². The lowest BCUT2D eigenvalue weighted by atomic mass is 10.0. The first-order valence-electron chi connectivity index (χ1n) is 13.9. The average Bonchev–Trinajstić information content (AvgIpc) is 3.65. The van der Waals surface area contributed by atoms with Crippen LogP contribution in [0.2, 0.25) is 0 Å². The van der Waals surface area contributed by atoms with E-state index >= 15 is 0 Å². The van der Waals surface area contributed by atoms with E-state index in [0.717, 1.165) is 47.9 Å². The third-order valence-corrected chi connectivity index (χ3v) is 9.15. The van der Waals surface area contributed by atoms with Gasteiger partial charge in [-0.2, -0.15) is 0 Å². The fourth-order valence-electron chi connectivity index (χ4n) is 5.80. The van der Waals surface area contributed by atoms with Gasteiger partial charge in [0, 0.05) is 73.4 Å². The molecule has 4 heterocycles. The van der Waals surface area contributed by atoms with Crippen LogP contribution in [0.4, 0.5) is 11.6 Å². The highest BCUT2D eigenvalue weighted by atomic mass is 32.1. The predicted octanol–water partition coefficient (Wildman–Crippen LogP) is 7.40. The molecule has 7 nitrogen and oxygen atoms in total. The first kappa shape index (κ1) is 24.8. The summed E-state index contributed by atoms with van der Waals surface area (Å²) in [4.78, 5) is 31.5. The number of carbonyl (C=O) groups is 1. The molecule has 0 spiro atoms. The molecule has 0 saturated carbocycles. The van der Waals surface area contributed by atoms with E-state index < -0.39 is 0 Å². The number of ether oxygens (including phenoxy) is 1. The number of nitrogens with one attached hydrogen (secondary N) is 2. The lowest BCUT2D eigenvalue weighted by molar-refractivity contribution is 0.102. The number of H-pyrrole nitrogens is 1. The van der Waals surface area contributed by atoms with E-state index in [0.29, 0.717) is 48.7 Å². The summed E-state index contributed by atoms with van der Waals surface area (Å²) >= 11 is 1.69. The van der Waals surface area contributed by atoms with Crippen molar-refractivity contribution in [2.75, 3.05) is 36.5 Å². The molecule has 2 N–H and O–H groups in total. The maximum atomic E-state index is 13.2. The molecule has 1 amide bonds. The zero-order valence-corrected chi connectivity index (χ0v) is 23.3. The number of hydrogen-bond donors (Lipinski definition) is 2. The largest absolute Gasteiger partial charge is 0.440 e. The number of fused-ring (bicyclic) bond motifs is 5. The number of hydrogen-bond acceptors (Lipinski definition) is 6. The highest BCUT2D eigenvalue weighted by Crippen LogP contribution is 2.42. The molecule has 8 heteroatoms. The SMILES string of the molecule is O=C(Nc1ccc2sc3c(-c4cccc5c(=O)cc(N6CCOCC6)oc45)cccc3c2c1)c1ccc2cc[nH]c2c1. The highest BCUT2D eigenvalue weighted by molar-refractivity contribution is 7.26. The van der Waals surface area contributed by atoms with Gasteiger partial charge in [0.2, 0.25) is 0 Å². The van der Waals surface area contributed by atoms with Crippen LogP contribution in [0.1, 0.15) is 10.4 Å². The lowest BCUT2D eigenvalue weighted by Gasteiger charge is -2.27. The van der Waals surface area contributed by atoms with Gasteiger partial charge in [0.15, 0.2) is 11.3 Å². The summed E-state index contributed by atoms with van der Waals surface area (Å²) in [7, 11) is 0. The van der Waals surface area contributed by atoms with Crippen LogP contribution < -0.4 is 15.6 Å². The maximum Gasteiger partial charge on any atom is 0.255 e. The third kappa shape index (κ3) is 4.15. The van der Waals surface area contributed by atoms with Crippen LogP contribution in [0.25, 0.3) is 53.2 Å². The van der Waals surface area contributed by atoms with Crippen LogP contribution in [-0.2, 0) is 4.74 Å². The third-order valence-electron chi connectivity index (χ3n) is 7.93. The Morgan fingerprint density at radius 3 is 2.57 bits per heavy atom. The first-order chi connectivity index (χ1) is 20.6. The van der Waals surface area contributed by atoms with E-state index in [1.54, 1.807) is 17.4 Å². The van der Waals surface area contributed by atoms with Gasteiger partial charge in [-0.15, -0.1) is 11.3 Å². The van der Waals surface area contributed by atoms with Crippen LogP contribution in [-0.4, -0.2) is 37.2 Å². The van der Waals surface area contributed by atoms with Crippen molar-refractivity contribution in [3.63, 3.8) is 0 Å². The molecule has 0 bridgehead atoms. The zero-order valence-electron chi connectivity index (χ0n) is 22.5. The minimum absolute atomic E-state index is 0.0566. The average molecular weight is 572 g/mol. The van der Waals surface area contributed by atoms with Gasteiger partial charge in [-0.05, 0) is 47.9 Å². The number of benzene rings is 4. The smallest absolute Gasteiger partial charge is 0.255 e. The van der Waals surface area contributed by atoms with Crippen molar-refractivity contribution in [2.45, 2.75) is 0 Å². The van der Waals surface area contributed by atoms with Crippen molar-refractivity contribution in [1.29, 1.82) is 0 Å². The molecule has 7 aromatic rings. The summed E-state index contributed by atoms with van der Waals surface area (Å²) in [5, 5.41) is 6.83. The Bertz CT molecular complexity index is 2220. The van der Waals surface area contributed by atoms with Gasteiger partial charge >= 0.3 is 0 Å². The molecule has 0 unspecified atom stereocenters. The van der Waals surface area contributed by atoms with Crippen molar-refractivity contribution in [1.82, 2.24) is 4.98 Å². The van der Waals surface area contributed by atoms with E-state index in [-0.39, 0.29) is 11.3 Å². The van der Waals surface area contributed by atoms with Crippen molar-refractivity contribution in [3.8, 4) is 11.1 Å². The summed E-state index contributed by atoms with van der Waals surface area (Å²) in [6.45, 7) is 2.58. The first-order valence-corrected chi connectivity index (χ1v) is 14.7. The fraction of sp³-hybridized carbons (Fsp3) is 0.118. The molecule has 0 atom stereocenters. The van der Waals surface area contributed by atoms with E-state index in [4.69, 9.17) is 9.15 Å². The topological polar surface area (TPSA) is 87.6 Å². The second-order valence-electron chi connectivity index (χ2n) is 10.5. The molecule has 206 valence electrons. The number of anilines is 2. The van der Waals surface area contributed by atoms with Gasteiger partial charge in [0.1, 0.15) is 5.58 Å². The quantitative estimate of drug-likeness (QED) is 0.230. The number of para-hydroxylation sites is 1. The monoisotopic (exact) mass is 571 g/mol. The Kier molecular flexibility index (Phi) is 5.84. The highest BCUT2D eigenvalue weighted by Gasteiger charge is 2.19. The molecule has 0 radical (unpaired) electrons. The molecular weight excluding hydrogens is 546 g/mol. The standard InChI is InChI=1S/C34H25N3O4S/c38-29-19-31(37-13-15-40-16-14-37)41-32-23(3-1-6-26(29)32)24-4-2-5-25-27-18-22(9-10-30(27)42-33(24)25)36-34(39)21-8-7-20-11-12-35-28(20)17-21/h1-12,17-19,35H,13-16H2,(H,36,39). The van der Waals surface area contributed by atoms with Crippen LogP contribution in [0, 0.1) is 0 Å². The van der Waals surface area contributed by atoms with E-state index in [1.807, 2.05) is 72.9 Å². The fourth-order valence-corrected chi connectivity index (χ4v) is 7.01. The second-order valence-corrected chi connectivity index (χ2v) is 11.5. The molecule has 1 fully saturated rings. The second kappa shape index (κ2) is 9.87. The van der Waals surface area contributed by atoms with Gasteiger partial charge in [-0.3, -0.25) is 9.59 Å². The Hall–Kier alpha value is -4.92. The van der Waals surface area contributed by atoms with E-state index in [1.165, 1.54) is 0 Å². The molecular formula is C34H25N3O4S. The van der Waals surface area contributed by atoms with Crippen molar-refractivity contribution in [3.05, 3.63) is 107 Å².